The van der Waals surface area contributed by atoms with E-state index in [1.54, 1.807) is 41.1 Å². The Kier molecular flexibility index (Phi) is 6.46. The zero-order valence-electron chi connectivity index (χ0n) is 17.5. The van der Waals surface area contributed by atoms with E-state index >= 15 is 0 Å². The molecule has 8 nitrogen and oxygen atoms in total. The van der Waals surface area contributed by atoms with Crippen LogP contribution in [0.4, 0.5) is 18.9 Å². The van der Waals surface area contributed by atoms with Gasteiger partial charge in [0.1, 0.15) is 23.7 Å². The number of halogens is 4. The molecule has 12 heteroatoms. The molecule has 1 N–H and O–H groups in total. The van der Waals surface area contributed by atoms with Crippen LogP contribution in [0.5, 0.6) is 11.5 Å². The molecule has 0 unspecified atom stereocenters. The van der Waals surface area contributed by atoms with Crippen LogP contribution in [0.1, 0.15) is 0 Å². The van der Waals surface area contributed by atoms with Crippen LogP contribution in [0.25, 0.3) is 23.0 Å². The lowest BCUT2D eigenvalue weighted by Crippen LogP contribution is -2.18. The molecule has 34 heavy (non-hydrogen) atoms. The van der Waals surface area contributed by atoms with Crippen LogP contribution in [-0.4, -0.2) is 34.1 Å². The highest BCUT2D eigenvalue weighted by atomic mass is 35.5. The monoisotopic (exact) mass is 492 g/mol. The molecular weight excluding hydrogens is 477 g/mol. The summed E-state index contributed by atoms with van der Waals surface area (Å²) in [7, 11) is 1.49. The van der Waals surface area contributed by atoms with Crippen molar-refractivity contribution in [2.24, 2.45) is 0 Å². The van der Waals surface area contributed by atoms with Gasteiger partial charge in [-0.3, -0.25) is 4.79 Å². The predicted molar refractivity (Wildman–Crippen MR) is 116 cm³/mol. The molecule has 2 heterocycles. The van der Waals surface area contributed by atoms with Gasteiger partial charge in [0.05, 0.1) is 12.1 Å². The first kappa shape index (κ1) is 23.2. The van der Waals surface area contributed by atoms with Gasteiger partial charge in [0.15, 0.2) is 0 Å². The fourth-order valence-electron chi connectivity index (χ4n) is 3.10. The summed E-state index contributed by atoms with van der Waals surface area (Å²) in [5, 5.41) is 6.98. The largest absolute Gasteiger partial charge is 0.573 e. The standard InChI is InChI=1S/C22H16ClF3N4O4/c1-32-18-9-6-14(11-16(18)23)27-19(31)12-30-10-2-3-17(30)21-28-20(29-34-21)13-4-7-15(8-5-13)33-22(24,25)26/h2-11H,12H2,1H3,(H,27,31). The predicted octanol–water partition coefficient (Wildman–Crippen LogP) is 5.40. The lowest BCUT2D eigenvalue weighted by Gasteiger charge is -2.10. The Hall–Kier alpha value is -3.99. The molecule has 0 atom stereocenters. The number of rotatable bonds is 7. The summed E-state index contributed by atoms with van der Waals surface area (Å²) >= 11 is 6.08. The van der Waals surface area contributed by atoms with Crippen LogP contribution in [0.15, 0.2) is 65.3 Å². The number of aromatic nitrogens is 3. The van der Waals surface area contributed by atoms with Gasteiger partial charge in [0, 0.05) is 17.4 Å². The normalized spacial score (nSPS) is 11.3. The van der Waals surface area contributed by atoms with Crippen molar-refractivity contribution < 1.29 is 32.0 Å². The third kappa shape index (κ3) is 5.49. The maximum Gasteiger partial charge on any atom is 0.573 e. The average Bonchev–Trinajstić information content (AvgIpc) is 3.43. The van der Waals surface area contributed by atoms with Crippen LogP contribution in [0.2, 0.25) is 5.02 Å². The van der Waals surface area contributed by atoms with E-state index in [4.69, 9.17) is 20.9 Å². The first-order valence-electron chi connectivity index (χ1n) is 9.70. The van der Waals surface area contributed by atoms with E-state index in [0.29, 0.717) is 27.7 Å². The van der Waals surface area contributed by atoms with E-state index < -0.39 is 6.36 Å². The summed E-state index contributed by atoms with van der Waals surface area (Å²) < 4.78 is 52.8. The van der Waals surface area contributed by atoms with Crippen molar-refractivity contribution in [1.29, 1.82) is 0 Å². The second-order valence-electron chi connectivity index (χ2n) is 6.91. The zero-order valence-corrected chi connectivity index (χ0v) is 18.2. The summed E-state index contributed by atoms with van der Waals surface area (Å²) in [6.07, 6.45) is -3.11. The Balaban J connectivity index is 1.46. The van der Waals surface area contributed by atoms with Gasteiger partial charge >= 0.3 is 6.36 Å². The first-order valence-corrected chi connectivity index (χ1v) is 10.1. The summed E-state index contributed by atoms with van der Waals surface area (Å²) in [6.45, 7) is -0.0484. The van der Waals surface area contributed by atoms with Gasteiger partial charge in [0.2, 0.25) is 11.7 Å². The highest BCUT2D eigenvalue weighted by molar-refractivity contribution is 6.32. The molecule has 2 aromatic heterocycles. The molecule has 0 radical (unpaired) electrons. The van der Waals surface area contributed by atoms with Crippen LogP contribution in [0, 0.1) is 0 Å². The van der Waals surface area contributed by atoms with E-state index in [1.165, 1.54) is 19.2 Å². The van der Waals surface area contributed by atoms with Crippen molar-refractivity contribution in [3.8, 4) is 34.5 Å². The van der Waals surface area contributed by atoms with Crippen LogP contribution < -0.4 is 14.8 Å². The van der Waals surface area contributed by atoms with Gasteiger partial charge in [-0.2, -0.15) is 4.98 Å². The molecule has 2 aromatic carbocycles. The Labute approximate surface area is 195 Å². The molecular formula is C22H16ClF3N4O4. The summed E-state index contributed by atoms with van der Waals surface area (Å²) in [6, 6.07) is 13.3. The summed E-state index contributed by atoms with van der Waals surface area (Å²) in [5.41, 5.74) is 1.41. The molecule has 0 bridgehead atoms. The van der Waals surface area contributed by atoms with E-state index in [-0.39, 0.29) is 29.9 Å². The molecule has 0 fully saturated rings. The number of carbonyl (C=O) groups is 1. The molecule has 0 aliphatic heterocycles. The quantitative estimate of drug-likeness (QED) is 0.371. The first-order chi connectivity index (χ1) is 16.2. The number of hydrogen-bond donors (Lipinski definition) is 1. The van der Waals surface area contributed by atoms with Crippen LogP contribution in [-0.2, 0) is 11.3 Å². The van der Waals surface area contributed by atoms with Gasteiger partial charge < -0.3 is 23.9 Å². The Morgan fingerprint density at radius 3 is 2.62 bits per heavy atom. The van der Waals surface area contributed by atoms with E-state index in [0.717, 1.165) is 12.1 Å². The number of hydrogen-bond acceptors (Lipinski definition) is 6. The van der Waals surface area contributed by atoms with Crippen LogP contribution in [0.3, 0.4) is 0 Å². The molecule has 1 amide bonds. The van der Waals surface area contributed by atoms with E-state index in [9.17, 15) is 18.0 Å². The number of ether oxygens (including phenoxy) is 2. The van der Waals surface area contributed by atoms with Gasteiger partial charge in [0.25, 0.3) is 5.89 Å². The number of benzene rings is 2. The molecule has 176 valence electrons. The van der Waals surface area contributed by atoms with Crippen molar-refractivity contribution in [2.75, 3.05) is 12.4 Å². The third-order valence-electron chi connectivity index (χ3n) is 4.57. The smallest absolute Gasteiger partial charge is 0.495 e. The molecule has 0 aliphatic rings. The molecule has 0 aliphatic carbocycles. The molecule has 0 saturated carbocycles. The second kappa shape index (κ2) is 9.48. The Bertz CT molecular complexity index is 1300. The number of alkyl halides is 3. The van der Waals surface area contributed by atoms with Crippen molar-refractivity contribution in [1.82, 2.24) is 14.7 Å². The third-order valence-corrected chi connectivity index (χ3v) is 4.87. The van der Waals surface area contributed by atoms with Crippen LogP contribution >= 0.6 is 11.6 Å². The summed E-state index contributed by atoms with van der Waals surface area (Å²) in [5.74, 6) is 0.105. The second-order valence-corrected chi connectivity index (χ2v) is 7.32. The molecule has 0 spiro atoms. The average molecular weight is 493 g/mol. The van der Waals surface area contributed by atoms with Gasteiger partial charge in [-0.05, 0) is 54.6 Å². The number of nitrogens with one attached hydrogen (secondary N) is 1. The number of amides is 1. The van der Waals surface area contributed by atoms with Crippen molar-refractivity contribution in [3.05, 3.63) is 65.8 Å². The highest BCUT2D eigenvalue weighted by Crippen LogP contribution is 2.28. The Morgan fingerprint density at radius 1 is 1.18 bits per heavy atom. The fourth-order valence-corrected chi connectivity index (χ4v) is 3.35. The summed E-state index contributed by atoms with van der Waals surface area (Å²) in [4.78, 5) is 16.8. The topological polar surface area (TPSA) is 91.4 Å². The van der Waals surface area contributed by atoms with Crippen molar-refractivity contribution >= 4 is 23.2 Å². The lowest BCUT2D eigenvalue weighted by atomic mass is 10.2. The SMILES string of the molecule is COc1ccc(NC(=O)Cn2cccc2-c2nc(-c3ccc(OC(F)(F)F)cc3)no2)cc1Cl. The fraction of sp³-hybridized carbons (Fsp3) is 0.136. The Morgan fingerprint density at radius 2 is 1.94 bits per heavy atom. The highest BCUT2D eigenvalue weighted by Gasteiger charge is 2.31. The van der Waals surface area contributed by atoms with E-state index in [1.807, 2.05) is 0 Å². The van der Waals surface area contributed by atoms with Crippen molar-refractivity contribution in [2.45, 2.75) is 12.9 Å². The lowest BCUT2D eigenvalue weighted by molar-refractivity contribution is -0.274. The number of nitrogens with zero attached hydrogens (tertiary/aromatic N) is 3. The van der Waals surface area contributed by atoms with E-state index in [2.05, 4.69) is 20.2 Å². The minimum atomic E-state index is -4.78. The molecule has 4 aromatic rings. The van der Waals surface area contributed by atoms with Gasteiger partial charge in [-0.1, -0.05) is 16.8 Å². The molecule has 0 saturated heterocycles. The zero-order chi connectivity index (χ0) is 24.3. The van der Waals surface area contributed by atoms with Gasteiger partial charge in [-0.15, -0.1) is 13.2 Å². The maximum atomic E-state index is 12.5. The minimum absolute atomic E-state index is 0.0484. The number of carbonyl (C=O) groups excluding carboxylic acids is 1. The number of anilines is 1. The van der Waals surface area contributed by atoms with Crippen molar-refractivity contribution in [3.63, 3.8) is 0 Å². The van der Waals surface area contributed by atoms with Gasteiger partial charge in [-0.25, -0.2) is 0 Å². The number of methoxy groups -OCH3 is 1. The maximum absolute atomic E-state index is 12.5. The molecule has 4 rings (SSSR count). The minimum Gasteiger partial charge on any atom is -0.495 e.